The van der Waals surface area contributed by atoms with Gasteiger partial charge < -0.3 is 0 Å². The fraction of sp³-hybridized carbons (Fsp3) is 0.172. The molecule has 0 atom stereocenters. The molecular formula is C29H29ClN2. The van der Waals surface area contributed by atoms with E-state index < -0.39 is 0 Å². The van der Waals surface area contributed by atoms with Gasteiger partial charge in [-0.3, -0.25) is 0 Å². The van der Waals surface area contributed by atoms with Gasteiger partial charge in [-0.1, -0.05) is 98.8 Å². The molecule has 3 heteroatoms. The number of halogens is 1. The van der Waals surface area contributed by atoms with Crippen LogP contribution in [-0.4, -0.2) is 9.97 Å². The minimum absolute atomic E-state index is 0.693. The molecule has 0 saturated heterocycles. The lowest BCUT2D eigenvalue weighted by molar-refractivity contribution is 1.03. The van der Waals surface area contributed by atoms with Crippen LogP contribution >= 0.6 is 11.6 Å². The Hall–Kier alpha value is -3.23. The summed E-state index contributed by atoms with van der Waals surface area (Å²) in [6.45, 7) is 9.90. The lowest BCUT2D eigenvalue weighted by Crippen LogP contribution is -1.99. The molecule has 0 saturated carbocycles. The number of benzene rings is 2. The van der Waals surface area contributed by atoms with Crippen molar-refractivity contribution in [3.63, 3.8) is 0 Å². The summed E-state index contributed by atoms with van der Waals surface area (Å²) < 4.78 is 0. The van der Waals surface area contributed by atoms with Gasteiger partial charge in [-0.15, -0.1) is 0 Å². The van der Waals surface area contributed by atoms with E-state index in [-0.39, 0.29) is 0 Å². The number of nitrogens with zero attached hydrogens (tertiary/aromatic N) is 2. The second kappa shape index (κ2) is 11.4. The molecule has 1 aliphatic carbocycles. The van der Waals surface area contributed by atoms with Crippen LogP contribution in [0, 0.1) is 0 Å². The van der Waals surface area contributed by atoms with Gasteiger partial charge in [-0.2, -0.15) is 0 Å². The van der Waals surface area contributed by atoms with E-state index in [0.717, 1.165) is 52.1 Å². The summed E-state index contributed by atoms with van der Waals surface area (Å²) in [5, 5.41) is 0.693. The van der Waals surface area contributed by atoms with Crippen LogP contribution in [0.3, 0.4) is 0 Å². The smallest absolute Gasteiger partial charge is 0.160 e. The molecule has 0 aliphatic heterocycles. The normalized spacial score (nSPS) is 13.1. The first kappa shape index (κ1) is 23.4. The van der Waals surface area contributed by atoms with Crippen molar-refractivity contribution < 1.29 is 0 Å². The summed E-state index contributed by atoms with van der Waals surface area (Å²) in [5.41, 5.74) is 7.11. The second-order valence-electron chi connectivity index (χ2n) is 7.14. The van der Waals surface area contributed by atoms with Gasteiger partial charge in [0, 0.05) is 16.1 Å². The average molecular weight is 441 g/mol. The Morgan fingerprint density at radius 3 is 2.31 bits per heavy atom. The van der Waals surface area contributed by atoms with Crippen LogP contribution in [0.5, 0.6) is 0 Å². The highest BCUT2D eigenvalue weighted by atomic mass is 35.5. The van der Waals surface area contributed by atoms with Crippen LogP contribution in [0.2, 0.25) is 5.02 Å². The third kappa shape index (κ3) is 5.52. The molecule has 0 spiro atoms. The molecule has 1 heterocycles. The van der Waals surface area contributed by atoms with Crippen molar-refractivity contribution in [1.82, 2.24) is 9.97 Å². The topological polar surface area (TPSA) is 25.8 Å². The average Bonchev–Trinajstić information content (AvgIpc) is 2.87. The van der Waals surface area contributed by atoms with E-state index >= 15 is 0 Å². The molecule has 2 aromatic carbocycles. The van der Waals surface area contributed by atoms with E-state index in [1.807, 2.05) is 57.2 Å². The van der Waals surface area contributed by atoms with Gasteiger partial charge in [-0.05, 0) is 54.7 Å². The van der Waals surface area contributed by atoms with E-state index in [0.29, 0.717) is 10.8 Å². The summed E-state index contributed by atoms with van der Waals surface area (Å²) in [4.78, 5) is 9.76. The number of aromatic nitrogens is 2. The van der Waals surface area contributed by atoms with Gasteiger partial charge in [-0.25, -0.2) is 9.97 Å². The van der Waals surface area contributed by atoms with Gasteiger partial charge in [0.15, 0.2) is 5.82 Å². The van der Waals surface area contributed by atoms with E-state index in [9.17, 15) is 0 Å². The quantitative estimate of drug-likeness (QED) is 0.370. The summed E-state index contributed by atoms with van der Waals surface area (Å²) >= 11 is 6.24. The van der Waals surface area contributed by atoms with Gasteiger partial charge in [0.05, 0.1) is 11.4 Å². The zero-order chi connectivity index (χ0) is 22.9. The Morgan fingerprint density at radius 2 is 1.69 bits per heavy atom. The predicted octanol–water partition coefficient (Wildman–Crippen LogP) is 8.81. The Labute approximate surface area is 196 Å². The van der Waals surface area contributed by atoms with E-state index in [1.165, 1.54) is 0 Å². The molecule has 162 valence electrons. The van der Waals surface area contributed by atoms with Gasteiger partial charge >= 0.3 is 0 Å². The van der Waals surface area contributed by atoms with Crippen molar-refractivity contribution in [2.45, 2.75) is 33.6 Å². The first-order chi connectivity index (χ1) is 15.7. The highest BCUT2D eigenvalue weighted by Crippen LogP contribution is 2.29. The highest BCUT2D eigenvalue weighted by Gasteiger charge is 2.12. The van der Waals surface area contributed by atoms with Crippen LogP contribution in [-0.2, 0) is 0 Å². The molecule has 1 aliphatic rings. The van der Waals surface area contributed by atoms with Crippen molar-refractivity contribution in [1.29, 1.82) is 0 Å². The Morgan fingerprint density at radius 1 is 0.938 bits per heavy atom. The van der Waals surface area contributed by atoms with Crippen molar-refractivity contribution in [2.24, 2.45) is 0 Å². The second-order valence-corrected chi connectivity index (χ2v) is 7.57. The maximum atomic E-state index is 6.24. The van der Waals surface area contributed by atoms with E-state index in [4.69, 9.17) is 21.6 Å². The zero-order valence-corrected chi connectivity index (χ0v) is 19.7. The van der Waals surface area contributed by atoms with E-state index in [2.05, 4.69) is 55.1 Å². The summed E-state index contributed by atoms with van der Waals surface area (Å²) in [6, 6.07) is 18.1. The van der Waals surface area contributed by atoms with Crippen LogP contribution in [0.25, 0.3) is 33.8 Å². The Balaban J connectivity index is 0.00000141. The fourth-order valence-electron chi connectivity index (χ4n) is 3.54. The predicted molar refractivity (Wildman–Crippen MR) is 139 cm³/mol. The number of hydrogen-bond acceptors (Lipinski definition) is 2. The number of allylic oxidation sites excluding steroid dienone is 7. The Kier molecular flexibility index (Phi) is 8.35. The van der Waals surface area contributed by atoms with Crippen molar-refractivity contribution in [2.75, 3.05) is 0 Å². The molecule has 32 heavy (non-hydrogen) atoms. The third-order valence-electron chi connectivity index (χ3n) is 5.14. The molecule has 2 nitrogen and oxygen atoms in total. The SMILES string of the molecule is C=C/C(=C\C)c1ccc(-c2nc(C3=CCCC=C3)cc(-c3cccc(Cl)c3)n2)cc1.CC. The van der Waals surface area contributed by atoms with Crippen molar-refractivity contribution >= 4 is 22.7 Å². The lowest BCUT2D eigenvalue weighted by Gasteiger charge is -2.12. The molecule has 1 aromatic heterocycles. The molecule has 3 aromatic rings. The molecule has 0 N–H and O–H groups in total. The third-order valence-corrected chi connectivity index (χ3v) is 5.38. The molecule has 0 bridgehead atoms. The lowest BCUT2D eigenvalue weighted by atomic mass is 10.0. The molecular weight excluding hydrogens is 412 g/mol. The zero-order valence-electron chi connectivity index (χ0n) is 19.0. The minimum Gasteiger partial charge on any atom is -0.228 e. The number of hydrogen-bond donors (Lipinski definition) is 0. The summed E-state index contributed by atoms with van der Waals surface area (Å²) in [6.07, 6.45) is 12.6. The maximum absolute atomic E-state index is 6.24. The minimum atomic E-state index is 0.693. The van der Waals surface area contributed by atoms with Crippen molar-refractivity contribution in [3.05, 3.63) is 108 Å². The summed E-state index contributed by atoms with van der Waals surface area (Å²) in [7, 11) is 0. The van der Waals surface area contributed by atoms with Crippen LogP contribution < -0.4 is 0 Å². The molecule has 4 rings (SSSR count). The molecule has 0 radical (unpaired) electrons. The van der Waals surface area contributed by atoms with Crippen molar-refractivity contribution in [3.8, 4) is 22.6 Å². The fourth-order valence-corrected chi connectivity index (χ4v) is 3.73. The maximum Gasteiger partial charge on any atom is 0.160 e. The van der Waals surface area contributed by atoms with Gasteiger partial charge in [0.1, 0.15) is 0 Å². The molecule has 0 fully saturated rings. The van der Waals surface area contributed by atoms with Crippen LogP contribution in [0.1, 0.15) is 44.9 Å². The monoisotopic (exact) mass is 440 g/mol. The van der Waals surface area contributed by atoms with E-state index in [1.54, 1.807) is 0 Å². The van der Waals surface area contributed by atoms with Crippen LogP contribution in [0.15, 0.2) is 91.6 Å². The van der Waals surface area contributed by atoms with Gasteiger partial charge in [0.25, 0.3) is 0 Å². The van der Waals surface area contributed by atoms with Crippen LogP contribution in [0.4, 0.5) is 0 Å². The largest absolute Gasteiger partial charge is 0.228 e. The number of rotatable bonds is 5. The summed E-state index contributed by atoms with van der Waals surface area (Å²) in [5.74, 6) is 0.703. The first-order valence-electron chi connectivity index (χ1n) is 11.1. The Bertz CT molecular complexity index is 1170. The highest BCUT2D eigenvalue weighted by molar-refractivity contribution is 6.30. The standard InChI is InChI=1S/C27H23ClN2.C2H6/c1-3-19(4-2)20-13-15-22(16-14-20)27-29-25(21-9-6-5-7-10-21)18-26(30-27)23-11-8-12-24(28)17-23;1-2/h3-4,6,8-18H,1,5,7H2,2H3;1-2H3/b19-4+;. The van der Waals surface area contributed by atoms with Gasteiger partial charge in [0.2, 0.25) is 0 Å². The first-order valence-corrected chi connectivity index (χ1v) is 11.5. The molecule has 0 amide bonds. The molecule has 0 unspecified atom stereocenters.